The fraction of sp³-hybridized carbons (Fsp3) is 0.500. The van der Waals surface area contributed by atoms with Crippen LogP contribution >= 0.6 is 0 Å². The number of carbonyl (C=O) groups is 1. The molecular weight excluding hydrogens is 308 g/mol. The van der Waals surface area contributed by atoms with Crippen molar-refractivity contribution in [3.8, 4) is 0 Å². The zero-order valence-corrected chi connectivity index (χ0v) is 9.61. The van der Waals surface area contributed by atoms with Gasteiger partial charge in [0, 0.05) is 41.7 Å². The van der Waals surface area contributed by atoms with Gasteiger partial charge in [-0.3, -0.25) is 0 Å². The van der Waals surface area contributed by atoms with E-state index in [0.29, 0.717) is 0 Å². The molecule has 0 aromatic rings. The van der Waals surface area contributed by atoms with Crippen molar-refractivity contribution in [1.82, 2.24) is 0 Å². The molecule has 0 aliphatic carbocycles. The molecule has 0 saturated heterocycles. The summed E-state index contributed by atoms with van der Waals surface area (Å²) in [4.78, 5) is 10.5. The van der Waals surface area contributed by atoms with Crippen LogP contribution in [0.25, 0.3) is 0 Å². The van der Waals surface area contributed by atoms with E-state index in [0.717, 1.165) is 0 Å². The van der Waals surface area contributed by atoms with Gasteiger partial charge in [-0.15, -0.1) is 0 Å². The van der Waals surface area contributed by atoms with Crippen LogP contribution in [-0.2, 0) is 9.53 Å². The first-order valence-electron chi connectivity index (χ1n) is 3.20. The third kappa shape index (κ3) is 2.53. The molecule has 0 radical (unpaired) electrons. The van der Waals surface area contributed by atoms with Gasteiger partial charge < -0.3 is 25.2 Å². The monoisotopic (exact) mass is 316 g/mol. The van der Waals surface area contributed by atoms with Crippen molar-refractivity contribution in [1.29, 1.82) is 0 Å². The molecule has 4 N–H and O–H groups in total. The van der Waals surface area contributed by atoms with E-state index in [9.17, 15) is 4.79 Å². The van der Waals surface area contributed by atoms with Gasteiger partial charge in [-0.05, 0) is 0 Å². The molecule has 72 valence electrons. The predicted molar refractivity (Wildman–Crippen MR) is 35.3 cm³/mol. The maximum absolute atomic E-state index is 10.5. The fourth-order valence-corrected chi connectivity index (χ4v) is 0.823. The average molecular weight is 316 g/mol. The molecule has 0 fully saturated rings. The predicted octanol–water partition coefficient (Wildman–Crippen LogP) is -1.41. The second kappa shape index (κ2) is 5.10. The van der Waals surface area contributed by atoms with E-state index in [4.69, 9.17) is 20.4 Å². The summed E-state index contributed by atoms with van der Waals surface area (Å²) in [7, 11) is 0. The number of rotatable bonds is 2. The van der Waals surface area contributed by atoms with Gasteiger partial charge in [0.05, 0.1) is 6.61 Å². The number of hydrogen-bond acceptors (Lipinski definition) is 6. The van der Waals surface area contributed by atoms with Crippen LogP contribution in [0.4, 0.5) is 0 Å². The molecular formula is C6H8CeO6. The Kier molecular flexibility index (Phi) is 5.15. The number of aliphatic hydroxyl groups excluding tert-OH is 4. The molecule has 0 aromatic carbocycles. The van der Waals surface area contributed by atoms with Crippen LogP contribution < -0.4 is 0 Å². The van der Waals surface area contributed by atoms with Crippen LogP contribution in [0, 0.1) is 41.7 Å². The van der Waals surface area contributed by atoms with Gasteiger partial charge >= 0.3 is 5.97 Å². The zero-order valence-electron chi connectivity index (χ0n) is 6.47. The van der Waals surface area contributed by atoms with E-state index in [1.165, 1.54) is 0 Å². The molecule has 7 heteroatoms. The topological polar surface area (TPSA) is 107 Å². The molecule has 0 unspecified atom stereocenters. The largest absolute Gasteiger partial charge is 0.505 e. The summed E-state index contributed by atoms with van der Waals surface area (Å²) in [5, 5.41) is 35.0. The minimum atomic E-state index is -1.42. The van der Waals surface area contributed by atoms with Crippen molar-refractivity contribution in [2.45, 2.75) is 12.2 Å². The summed E-state index contributed by atoms with van der Waals surface area (Å²) in [6, 6.07) is 0. The van der Waals surface area contributed by atoms with Crippen molar-refractivity contribution in [3.63, 3.8) is 0 Å². The van der Waals surface area contributed by atoms with Crippen LogP contribution in [-0.4, -0.2) is 45.2 Å². The van der Waals surface area contributed by atoms with Gasteiger partial charge in [0.2, 0.25) is 5.76 Å². The Hall–Kier alpha value is 0.107. The Morgan fingerprint density at radius 3 is 2.31 bits per heavy atom. The van der Waals surface area contributed by atoms with E-state index >= 15 is 0 Å². The average Bonchev–Trinajstić information content (AvgIpc) is 2.32. The first kappa shape index (κ1) is 13.1. The van der Waals surface area contributed by atoms with Gasteiger partial charge in [-0.1, -0.05) is 0 Å². The Balaban J connectivity index is 0.00000144. The summed E-state index contributed by atoms with van der Waals surface area (Å²) in [5.41, 5.74) is 0. The van der Waals surface area contributed by atoms with Crippen LogP contribution in [0.2, 0.25) is 0 Å². The summed E-state index contributed by atoms with van der Waals surface area (Å²) >= 11 is 0. The number of esters is 1. The molecule has 2 atom stereocenters. The molecule has 0 aromatic heterocycles. The van der Waals surface area contributed by atoms with Crippen LogP contribution in [0.1, 0.15) is 0 Å². The van der Waals surface area contributed by atoms with E-state index in [-0.39, 0.29) is 41.7 Å². The molecule has 1 heterocycles. The molecule has 0 bridgehead atoms. The Morgan fingerprint density at radius 2 is 2.00 bits per heavy atom. The summed E-state index contributed by atoms with van der Waals surface area (Å²) in [6.45, 7) is -0.671. The second-order valence-corrected chi connectivity index (χ2v) is 2.31. The van der Waals surface area contributed by atoms with Gasteiger partial charge in [0.25, 0.3) is 0 Å². The molecule has 0 spiro atoms. The van der Waals surface area contributed by atoms with Crippen LogP contribution in [0.3, 0.4) is 0 Å². The minimum Gasteiger partial charge on any atom is -0.505 e. The molecule has 0 amide bonds. The van der Waals surface area contributed by atoms with Crippen molar-refractivity contribution in [2.24, 2.45) is 0 Å². The van der Waals surface area contributed by atoms with Gasteiger partial charge in [0.1, 0.15) is 6.10 Å². The molecule has 1 rings (SSSR count). The molecule has 1 aliphatic heterocycles. The smallest absolute Gasteiger partial charge is 0.377 e. The Labute approximate surface area is 107 Å². The second-order valence-electron chi connectivity index (χ2n) is 2.31. The number of aliphatic hydroxyl groups is 4. The third-order valence-corrected chi connectivity index (χ3v) is 1.48. The summed E-state index contributed by atoms with van der Waals surface area (Å²) in [6.07, 6.45) is -2.78. The molecule has 1 aliphatic rings. The van der Waals surface area contributed by atoms with Crippen LogP contribution in [0.15, 0.2) is 11.5 Å². The Morgan fingerprint density at radius 1 is 1.46 bits per heavy atom. The maximum atomic E-state index is 10.5. The van der Waals surface area contributed by atoms with E-state index in [1.807, 2.05) is 0 Å². The van der Waals surface area contributed by atoms with Crippen molar-refractivity contribution >= 4 is 5.97 Å². The van der Waals surface area contributed by atoms with Crippen molar-refractivity contribution in [3.05, 3.63) is 11.5 Å². The van der Waals surface area contributed by atoms with E-state index in [2.05, 4.69) is 4.74 Å². The standard InChI is InChI=1S/C6H8O6.Ce/c7-1-2(8)5-3(9)4(10)6(11)12-5;/h2,5,7-10H,1H2;/t2-,5+;/m0./s1. The van der Waals surface area contributed by atoms with Crippen molar-refractivity contribution < 1.29 is 71.7 Å². The Bertz CT molecular complexity index is 237. The summed E-state index contributed by atoms with van der Waals surface area (Å²) in [5.74, 6) is -2.78. The van der Waals surface area contributed by atoms with Crippen LogP contribution in [0.5, 0.6) is 0 Å². The molecule has 13 heavy (non-hydrogen) atoms. The van der Waals surface area contributed by atoms with E-state index < -0.39 is 36.3 Å². The van der Waals surface area contributed by atoms with E-state index in [1.54, 1.807) is 0 Å². The molecule has 6 nitrogen and oxygen atoms in total. The third-order valence-electron chi connectivity index (χ3n) is 1.48. The number of hydrogen-bond donors (Lipinski definition) is 4. The quantitative estimate of drug-likeness (QED) is 0.467. The number of carbonyl (C=O) groups excluding carboxylic acids is 1. The maximum Gasteiger partial charge on any atom is 0.377 e. The van der Waals surface area contributed by atoms with Gasteiger partial charge in [-0.25, -0.2) is 4.79 Å². The minimum absolute atomic E-state index is 0. The van der Waals surface area contributed by atoms with Crippen molar-refractivity contribution in [2.75, 3.05) is 6.61 Å². The SMILES string of the molecule is O=C1O[C@H]([C@@H](O)CO)C(O)=C1O.[Ce]. The van der Waals surface area contributed by atoms with Gasteiger partial charge in [0.15, 0.2) is 11.9 Å². The van der Waals surface area contributed by atoms with Gasteiger partial charge in [-0.2, -0.15) is 0 Å². The number of ether oxygens (including phenoxy) is 1. The first-order chi connectivity index (χ1) is 5.57. The molecule has 0 saturated carbocycles. The number of cyclic esters (lactones) is 1. The normalized spacial score (nSPS) is 23.8. The summed E-state index contributed by atoms with van der Waals surface area (Å²) < 4.78 is 4.32. The zero-order chi connectivity index (χ0) is 9.30. The fourth-order valence-electron chi connectivity index (χ4n) is 0.823. The first-order valence-corrected chi connectivity index (χ1v) is 3.20.